The monoisotopic (exact) mass is 467 g/mol. The SMILES string of the molecule is CC(C)(C)[Si](C)(C)OCCC(c1cccc(F)c1)N1C(=O)C2(CCCCC2)c2ccccc21. The van der Waals surface area contributed by atoms with Gasteiger partial charge in [-0.15, -0.1) is 0 Å². The summed E-state index contributed by atoms with van der Waals surface area (Å²) >= 11 is 0. The quantitative estimate of drug-likeness (QED) is 0.411. The minimum atomic E-state index is -1.93. The molecule has 1 saturated carbocycles. The number of nitrogens with zero attached hydrogens (tertiary/aromatic N) is 1. The highest BCUT2D eigenvalue weighted by Gasteiger charge is 2.52. The summed E-state index contributed by atoms with van der Waals surface area (Å²) in [5.74, 6) is -0.0832. The van der Waals surface area contributed by atoms with Gasteiger partial charge in [-0.05, 0) is 66.7 Å². The van der Waals surface area contributed by atoms with E-state index in [0.717, 1.165) is 42.5 Å². The molecule has 1 fully saturated rings. The third-order valence-electron chi connectivity index (χ3n) is 8.22. The maximum Gasteiger partial charge on any atom is 0.238 e. The first kappa shape index (κ1) is 24.2. The minimum absolute atomic E-state index is 0.115. The standard InChI is InChI=1S/C28H38FNO2Si/c1-27(2,3)33(4,5)32-19-16-24(21-12-11-13-22(29)20-21)30-25-15-8-7-14-23(25)28(26(30)31)17-9-6-10-18-28/h7-8,11-15,20,24H,6,9-10,16-19H2,1-5H3. The molecule has 2 aromatic rings. The zero-order chi connectivity index (χ0) is 23.9. The van der Waals surface area contributed by atoms with Crippen molar-refractivity contribution in [1.82, 2.24) is 0 Å². The molecule has 33 heavy (non-hydrogen) atoms. The number of carbonyl (C=O) groups excluding carboxylic acids is 1. The highest BCUT2D eigenvalue weighted by molar-refractivity contribution is 6.74. The molecule has 1 unspecified atom stereocenters. The second-order valence-electron chi connectivity index (χ2n) is 11.3. The largest absolute Gasteiger partial charge is 0.417 e. The Morgan fingerprint density at radius 2 is 1.76 bits per heavy atom. The van der Waals surface area contributed by atoms with Gasteiger partial charge in [0.25, 0.3) is 0 Å². The number of rotatable bonds is 6. The Labute approximate surface area is 199 Å². The van der Waals surface area contributed by atoms with Gasteiger partial charge in [0.1, 0.15) is 5.82 Å². The van der Waals surface area contributed by atoms with Crippen LogP contribution in [0.2, 0.25) is 18.1 Å². The first-order valence-corrected chi connectivity index (χ1v) is 15.3. The number of hydrogen-bond donors (Lipinski definition) is 0. The first-order chi connectivity index (χ1) is 15.6. The third-order valence-corrected chi connectivity index (χ3v) is 12.8. The van der Waals surface area contributed by atoms with Crippen LogP contribution in [0.4, 0.5) is 10.1 Å². The molecule has 1 spiro atoms. The molecule has 3 nitrogen and oxygen atoms in total. The number of para-hydroxylation sites is 1. The molecule has 0 bridgehead atoms. The van der Waals surface area contributed by atoms with Gasteiger partial charge in [-0.1, -0.05) is 70.4 Å². The summed E-state index contributed by atoms with van der Waals surface area (Å²) in [5, 5.41) is 0.115. The average Bonchev–Trinajstić information content (AvgIpc) is 2.99. The predicted octanol–water partition coefficient (Wildman–Crippen LogP) is 7.53. The Hall–Kier alpha value is -1.98. The number of fused-ring (bicyclic) bond motifs is 2. The summed E-state index contributed by atoms with van der Waals surface area (Å²) in [4.78, 5) is 16.1. The Morgan fingerprint density at radius 3 is 2.42 bits per heavy atom. The van der Waals surface area contributed by atoms with Crippen molar-refractivity contribution in [3.05, 3.63) is 65.5 Å². The second-order valence-corrected chi connectivity index (χ2v) is 16.1. The Morgan fingerprint density at radius 1 is 1.06 bits per heavy atom. The lowest BCUT2D eigenvalue weighted by Gasteiger charge is -2.38. The molecule has 1 atom stereocenters. The summed E-state index contributed by atoms with van der Waals surface area (Å²) in [6.45, 7) is 11.7. The average molecular weight is 468 g/mol. The second kappa shape index (κ2) is 8.99. The van der Waals surface area contributed by atoms with Crippen LogP contribution < -0.4 is 4.90 Å². The zero-order valence-electron chi connectivity index (χ0n) is 20.8. The van der Waals surface area contributed by atoms with Gasteiger partial charge in [0.05, 0.1) is 11.5 Å². The van der Waals surface area contributed by atoms with Crippen molar-refractivity contribution >= 4 is 19.9 Å². The molecule has 0 N–H and O–H groups in total. The Bertz CT molecular complexity index is 1010. The van der Waals surface area contributed by atoms with Gasteiger partial charge >= 0.3 is 0 Å². The molecule has 0 saturated heterocycles. The zero-order valence-corrected chi connectivity index (χ0v) is 21.8. The van der Waals surface area contributed by atoms with Crippen molar-refractivity contribution in [3.8, 4) is 0 Å². The molecule has 0 radical (unpaired) electrons. The molecule has 4 rings (SSSR count). The molecule has 1 amide bonds. The minimum Gasteiger partial charge on any atom is -0.417 e. The van der Waals surface area contributed by atoms with Crippen molar-refractivity contribution in [2.24, 2.45) is 0 Å². The van der Waals surface area contributed by atoms with E-state index in [4.69, 9.17) is 4.43 Å². The van der Waals surface area contributed by atoms with Crippen molar-refractivity contribution in [2.45, 2.75) is 88.9 Å². The Balaban J connectivity index is 1.71. The van der Waals surface area contributed by atoms with E-state index in [9.17, 15) is 9.18 Å². The number of amides is 1. The van der Waals surface area contributed by atoms with Crippen LogP contribution in [0.15, 0.2) is 48.5 Å². The molecule has 178 valence electrons. The fourth-order valence-electron chi connectivity index (χ4n) is 5.29. The van der Waals surface area contributed by atoms with E-state index in [0.29, 0.717) is 13.0 Å². The molecule has 1 heterocycles. The van der Waals surface area contributed by atoms with Gasteiger partial charge in [-0.3, -0.25) is 4.79 Å². The fourth-order valence-corrected chi connectivity index (χ4v) is 6.35. The summed E-state index contributed by atoms with van der Waals surface area (Å²) in [6, 6.07) is 14.7. The summed E-state index contributed by atoms with van der Waals surface area (Å²) in [5.41, 5.74) is 2.55. The van der Waals surface area contributed by atoms with Gasteiger partial charge in [0.15, 0.2) is 8.32 Å². The molecule has 5 heteroatoms. The smallest absolute Gasteiger partial charge is 0.238 e. The van der Waals surface area contributed by atoms with Gasteiger partial charge < -0.3 is 9.33 Å². The lowest BCUT2D eigenvalue weighted by Crippen LogP contribution is -2.44. The molecular weight excluding hydrogens is 429 g/mol. The molecule has 1 aliphatic carbocycles. The van der Waals surface area contributed by atoms with E-state index in [1.165, 1.54) is 12.5 Å². The van der Waals surface area contributed by atoms with E-state index < -0.39 is 13.7 Å². The highest BCUT2D eigenvalue weighted by Crippen LogP contribution is 2.52. The number of benzene rings is 2. The maximum absolute atomic E-state index is 14.3. The molecular formula is C28H38FNO2Si. The van der Waals surface area contributed by atoms with Crippen LogP contribution in [-0.2, 0) is 14.6 Å². The van der Waals surface area contributed by atoms with Crippen molar-refractivity contribution in [3.63, 3.8) is 0 Å². The number of anilines is 1. The van der Waals surface area contributed by atoms with Gasteiger partial charge in [0, 0.05) is 12.3 Å². The molecule has 2 aliphatic rings. The van der Waals surface area contributed by atoms with Crippen molar-refractivity contribution in [1.29, 1.82) is 0 Å². The maximum atomic E-state index is 14.3. The fraction of sp³-hybridized carbons (Fsp3) is 0.536. The predicted molar refractivity (Wildman–Crippen MR) is 136 cm³/mol. The van der Waals surface area contributed by atoms with E-state index in [1.807, 2.05) is 23.1 Å². The van der Waals surface area contributed by atoms with Crippen LogP contribution in [0.1, 0.15) is 76.5 Å². The van der Waals surface area contributed by atoms with Crippen LogP contribution in [0.25, 0.3) is 0 Å². The topological polar surface area (TPSA) is 29.5 Å². The first-order valence-electron chi connectivity index (χ1n) is 12.4. The molecule has 2 aromatic carbocycles. The van der Waals surface area contributed by atoms with Gasteiger partial charge in [0.2, 0.25) is 5.91 Å². The van der Waals surface area contributed by atoms with Crippen LogP contribution in [0.3, 0.4) is 0 Å². The van der Waals surface area contributed by atoms with Gasteiger partial charge in [-0.25, -0.2) is 4.39 Å². The van der Waals surface area contributed by atoms with Crippen LogP contribution in [-0.4, -0.2) is 20.8 Å². The summed E-state index contributed by atoms with van der Waals surface area (Å²) in [6.07, 6.45) is 5.78. The van der Waals surface area contributed by atoms with Crippen LogP contribution in [0.5, 0.6) is 0 Å². The van der Waals surface area contributed by atoms with E-state index in [2.05, 4.69) is 46.0 Å². The van der Waals surface area contributed by atoms with E-state index >= 15 is 0 Å². The highest BCUT2D eigenvalue weighted by atomic mass is 28.4. The number of hydrogen-bond acceptors (Lipinski definition) is 2. The van der Waals surface area contributed by atoms with Crippen molar-refractivity contribution in [2.75, 3.05) is 11.5 Å². The van der Waals surface area contributed by atoms with Crippen LogP contribution >= 0.6 is 0 Å². The summed E-state index contributed by atoms with van der Waals surface area (Å²) < 4.78 is 20.8. The number of carbonyl (C=O) groups is 1. The normalized spacial score (nSPS) is 19.1. The lowest BCUT2D eigenvalue weighted by atomic mass is 9.70. The molecule has 1 aliphatic heterocycles. The van der Waals surface area contributed by atoms with Crippen LogP contribution in [0, 0.1) is 5.82 Å². The van der Waals surface area contributed by atoms with Gasteiger partial charge in [-0.2, -0.15) is 0 Å². The lowest BCUT2D eigenvalue weighted by molar-refractivity contribution is -0.124. The molecule has 0 aromatic heterocycles. The summed E-state index contributed by atoms with van der Waals surface area (Å²) in [7, 11) is -1.93. The van der Waals surface area contributed by atoms with E-state index in [1.54, 1.807) is 12.1 Å². The number of halogens is 1. The van der Waals surface area contributed by atoms with Crippen molar-refractivity contribution < 1.29 is 13.6 Å². The Kier molecular flexibility index (Phi) is 6.58. The van der Waals surface area contributed by atoms with E-state index in [-0.39, 0.29) is 22.8 Å². The third kappa shape index (κ3) is 4.42.